The predicted octanol–water partition coefficient (Wildman–Crippen LogP) is 4.44. The quantitative estimate of drug-likeness (QED) is 0.724. The van der Waals surface area contributed by atoms with Gasteiger partial charge in [0.05, 0.1) is 0 Å². The maximum absolute atomic E-state index is 11.9. The maximum atomic E-state index is 11.9. The van der Waals surface area contributed by atoms with Gasteiger partial charge in [-0.1, -0.05) is 29.8 Å². The lowest BCUT2D eigenvalue weighted by Gasteiger charge is -2.24. The third-order valence-electron chi connectivity index (χ3n) is 2.54. The smallest absolute Gasteiger partial charge is 0.262 e. The van der Waals surface area contributed by atoms with Crippen LogP contribution in [0.4, 0.5) is 0 Å². The number of carbonyl (C=O) groups excluding carboxylic acids is 1. The Morgan fingerprint density at radius 3 is 2.76 bits per heavy atom. The van der Waals surface area contributed by atoms with E-state index in [4.69, 9.17) is 0 Å². The van der Waals surface area contributed by atoms with Crippen molar-refractivity contribution in [2.45, 2.75) is 26.7 Å². The van der Waals surface area contributed by atoms with E-state index in [1.807, 2.05) is 11.4 Å². The van der Waals surface area contributed by atoms with E-state index in [2.05, 4.69) is 51.0 Å². The normalized spacial score (nSPS) is 11.5. The lowest BCUT2D eigenvalue weighted by Crippen LogP contribution is -2.33. The molecule has 1 amide bonds. The minimum Gasteiger partial charge on any atom is -0.351 e. The van der Waals surface area contributed by atoms with Crippen molar-refractivity contribution in [3.63, 3.8) is 0 Å². The highest BCUT2D eigenvalue weighted by Gasteiger charge is 2.19. The van der Waals surface area contributed by atoms with Crippen molar-refractivity contribution in [1.82, 2.24) is 5.32 Å². The van der Waals surface area contributed by atoms with E-state index in [1.54, 1.807) is 0 Å². The standard InChI is InChI=1S/C12H17Br2NOS/c1-12(2,5-3-6-13)8-15-11(16)10-9(14)4-7-17-10/h4,7H,3,5-6,8H2,1-2H3,(H,15,16). The van der Waals surface area contributed by atoms with Gasteiger partial charge in [0, 0.05) is 16.3 Å². The van der Waals surface area contributed by atoms with E-state index in [0.29, 0.717) is 6.54 Å². The Labute approximate surface area is 123 Å². The molecule has 1 heterocycles. The van der Waals surface area contributed by atoms with Gasteiger partial charge >= 0.3 is 0 Å². The molecule has 17 heavy (non-hydrogen) atoms. The molecule has 0 radical (unpaired) electrons. The first-order valence-electron chi connectivity index (χ1n) is 5.53. The van der Waals surface area contributed by atoms with Gasteiger partial charge in [-0.25, -0.2) is 0 Å². The van der Waals surface area contributed by atoms with Gasteiger partial charge in [-0.2, -0.15) is 0 Å². The molecule has 0 spiro atoms. The fourth-order valence-corrected chi connectivity index (χ4v) is 3.24. The third-order valence-corrected chi connectivity index (χ3v) is 4.94. The number of alkyl halides is 1. The average Bonchev–Trinajstić information content (AvgIpc) is 2.70. The first kappa shape index (κ1) is 15.2. The monoisotopic (exact) mass is 381 g/mol. The van der Waals surface area contributed by atoms with Crippen molar-refractivity contribution in [1.29, 1.82) is 0 Å². The van der Waals surface area contributed by atoms with Crippen molar-refractivity contribution >= 4 is 49.1 Å². The van der Waals surface area contributed by atoms with Gasteiger partial charge in [0.2, 0.25) is 0 Å². The van der Waals surface area contributed by atoms with Gasteiger partial charge in [0.25, 0.3) is 5.91 Å². The summed E-state index contributed by atoms with van der Waals surface area (Å²) in [6, 6.07) is 1.90. The Hall–Kier alpha value is 0.130. The summed E-state index contributed by atoms with van der Waals surface area (Å²) in [6.45, 7) is 5.07. The molecule has 0 aliphatic heterocycles. The topological polar surface area (TPSA) is 29.1 Å². The molecule has 1 aromatic heterocycles. The van der Waals surface area contributed by atoms with Gasteiger partial charge in [-0.15, -0.1) is 11.3 Å². The minimum atomic E-state index is 0.0128. The van der Waals surface area contributed by atoms with Crippen molar-refractivity contribution in [3.05, 3.63) is 20.8 Å². The first-order valence-corrected chi connectivity index (χ1v) is 8.33. The zero-order valence-electron chi connectivity index (χ0n) is 10.1. The molecule has 1 aromatic rings. The van der Waals surface area contributed by atoms with Gasteiger partial charge in [-0.05, 0) is 45.6 Å². The van der Waals surface area contributed by atoms with E-state index in [1.165, 1.54) is 11.3 Å². The van der Waals surface area contributed by atoms with Gasteiger partial charge in [0.1, 0.15) is 4.88 Å². The van der Waals surface area contributed by atoms with Crippen LogP contribution < -0.4 is 5.32 Å². The average molecular weight is 383 g/mol. The van der Waals surface area contributed by atoms with E-state index in [0.717, 1.165) is 27.5 Å². The lowest BCUT2D eigenvalue weighted by atomic mass is 9.88. The van der Waals surface area contributed by atoms with Crippen molar-refractivity contribution in [3.8, 4) is 0 Å². The van der Waals surface area contributed by atoms with Crippen LogP contribution >= 0.6 is 43.2 Å². The summed E-state index contributed by atoms with van der Waals surface area (Å²) in [7, 11) is 0. The Bertz CT molecular complexity index is 376. The summed E-state index contributed by atoms with van der Waals surface area (Å²) in [5, 5.41) is 5.93. The van der Waals surface area contributed by atoms with Crippen molar-refractivity contribution in [2.24, 2.45) is 5.41 Å². The van der Waals surface area contributed by atoms with Crippen LogP contribution in [0.2, 0.25) is 0 Å². The van der Waals surface area contributed by atoms with Gasteiger partial charge < -0.3 is 5.32 Å². The lowest BCUT2D eigenvalue weighted by molar-refractivity contribution is 0.0938. The second-order valence-electron chi connectivity index (χ2n) is 4.74. The van der Waals surface area contributed by atoms with Gasteiger partial charge in [0.15, 0.2) is 0 Å². The highest BCUT2D eigenvalue weighted by Crippen LogP contribution is 2.24. The molecule has 0 atom stereocenters. The molecule has 0 saturated carbocycles. The molecule has 0 aliphatic carbocycles. The van der Waals surface area contributed by atoms with E-state index < -0.39 is 0 Å². The number of hydrogen-bond donors (Lipinski definition) is 1. The molecular formula is C12H17Br2NOS. The number of hydrogen-bond acceptors (Lipinski definition) is 2. The Kier molecular flexibility index (Phi) is 6.17. The third kappa shape index (κ3) is 5.10. The number of halogens is 2. The predicted molar refractivity (Wildman–Crippen MR) is 81.2 cm³/mol. The molecule has 0 bridgehead atoms. The van der Waals surface area contributed by atoms with E-state index in [9.17, 15) is 4.79 Å². The van der Waals surface area contributed by atoms with Crippen LogP contribution in [-0.2, 0) is 0 Å². The zero-order valence-corrected chi connectivity index (χ0v) is 14.0. The molecule has 0 saturated heterocycles. The Morgan fingerprint density at radius 2 is 2.24 bits per heavy atom. The number of thiophene rings is 1. The Balaban J connectivity index is 2.45. The highest BCUT2D eigenvalue weighted by atomic mass is 79.9. The SMILES string of the molecule is CC(C)(CCCBr)CNC(=O)c1sccc1Br. The molecule has 1 N–H and O–H groups in total. The van der Waals surface area contributed by atoms with Crippen LogP contribution in [0.25, 0.3) is 0 Å². The zero-order chi connectivity index (χ0) is 12.9. The number of amides is 1. The number of rotatable bonds is 6. The molecule has 0 unspecified atom stereocenters. The summed E-state index contributed by atoms with van der Waals surface area (Å²) < 4.78 is 0.873. The number of nitrogens with one attached hydrogen (secondary N) is 1. The first-order chi connectivity index (χ1) is 7.96. The largest absolute Gasteiger partial charge is 0.351 e. The highest BCUT2D eigenvalue weighted by molar-refractivity contribution is 9.10. The van der Waals surface area contributed by atoms with Crippen LogP contribution in [0.15, 0.2) is 15.9 Å². The van der Waals surface area contributed by atoms with Gasteiger partial charge in [-0.3, -0.25) is 4.79 Å². The summed E-state index contributed by atoms with van der Waals surface area (Å²) in [6.07, 6.45) is 2.23. The van der Waals surface area contributed by atoms with Crippen LogP contribution in [0.3, 0.4) is 0 Å². The minimum absolute atomic E-state index is 0.0128. The molecule has 96 valence electrons. The summed E-state index contributed by atoms with van der Waals surface area (Å²) in [4.78, 5) is 12.7. The fraction of sp³-hybridized carbons (Fsp3) is 0.583. The molecule has 0 aliphatic rings. The second-order valence-corrected chi connectivity index (χ2v) is 7.30. The van der Waals surface area contributed by atoms with E-state index in [-0.39, 0.29) is 11.3 Å². The van der Waals surface area contributed by atoms with Crippen LogP contribution in [0.1, 0.15) is 36.4 Å². The van der Waals surface area contributed by atoms with Crippen molar-refractivity contribution < 1.29 is 4.79 Å². The second kappa shape index (κ2) is 6.90. The molecule has 5 heteroatoms. The molecule has 1 rings (SSSR count). The number of carbonyl (C=O) groups is 1. The summed E-state index contributed by atoms with van der Waals surface area (Å²) in [5.74, 6) is 0.0128. The molecule has 0 aromatic carbocycles. The van der Waals surface area contributed by atoms with Crippen LogP contribution in [0.5, 0.6) is 0 Å². The summed E-state index contributed by atoms with van der Waals surface area (Å²) in [5.41, 5.74) is 0.146. The van der Waals surface area contributed by atoms with Crippen LogP contribution in [-0.4, -0.2) is 17.8 Å². The van der Waals surface area contributed by atoms with Crippen LogP contribution in [0, 0.1) is 5.41 Å². The molecule has 2 nitrogen and oxygen atoms in total. The maximum Gasteiger partial charge on any atom is 0.262 e. The van der Waals surface area contributed by atoms with E-state index >= 15 is 0 Å². The van der Waals surface area contributed by atoms with Crippen molar-refractivity contribution in [2.75, 3.05) is 11.9 Å². The molecule has 0 fully saturated rings. The Morgan fingerprint density at radius 1 is 1.53 bits per heavy atom. The summed E-state index contributed by atoms with van der Waals surface area (Å²) >= 11 is 8.26. The molecular weight excluding hydrogens is 366 g/mol. The fourth-order valence-electron chi connectivity index (χ4n) is 1.49.